The molecule has 0 N–H and O–H groups in total. The second-order valence-electron chi connectivity index (χ2n) is 4.73. The highest BCUT2D eigenvalue weighted by atomic mass is 35.5. The third-order valence-electron chi connectivity index (χ3n) is 3.22. The summed E-state index contributed by atoms with van der Waals surface area (Å²) in [6.07, 6.45) is 0. The normalized spacial score (nSPS) is 10.8. The molecule has 0 bridgehead atoms. The SMILES string of the molecule is Cc1cccc(-c2nnc(CCl)n2-c2ccccc2F)c1. The first-order chi connectivity index (χ1) is 10.2. The third kappa shape index (κ3) is 2.54. The van der Waals surface area contributed by atoms with E-state index in [1.165, 1.54) is 6.07 Å². The van der Waals surface area contributed by atoms with Crippen LogP contribution in [0.4, 0.5) is 4.39 Å². The van der Waals surface area contributed by atoms with Crippen LogP contribution in [-0.4, -0.2) is 14.8 Å². The van der Waals surface area contributed by atoms with Crippen molar-refractivity contribution in [1.29, 1.82) is 0 Å². The fourth-order valence-electron chi connectivity index (χ4n) is 2.26. The Morgan fingerprint density at radius 1 is 1.10 bits per heavy atom. The first-order valence-corrected chi connectivity index (χ1v) is 7.06. The summed E-state index contributed by atoms with van der Waals surface area (Å²) in [4.78, 5) is 0. The Balaban J connectivity index is 2.24. The number of hydrogen-bond acceptors (Lipinski definition) is 2. The molecule has 0 aliphatic heterocycles. The molecular weight excluding hydrogens is 289 g/mol. The molecule has 0 atom stereocenters. The second kappa shape index (κ2) is 5.66. The monoisotopic (exact) mass is 301 g/mol. The van der Waals surface area contributed by atoms with Crippen LogP contribution < -0.4 is 0 Å². The predicted molar refractivity (Wildman–Crippen MR) is 81.0 cm³/mol. The third-order valence-corrected chi connectivity index (χ3v) is 3.46. The van der Waals surface area contributed by atoms with Crippen LogP contribution in [0.3, 0.4) is 0 Å². The Morgan fingerprint density at radius 2 is 1.90 bits per heavy atom. The van der Waals surface area contributed by atoms with Crippen molar-refractivity contribution in [2.75, 3.05) is 0 Å². The zero-order chi connectivity index (χ0) is 14.8. The summed E-state index contributed by atoms with van der Waals surface area (Å²) in [7, 11) is 0. The van der Waals surface area contributed by atoms with Gasteiger partial charge < -0.3 is 0 Å². The van der Waals surface area contributed by atoms with Crippen LogP contribution in [0, 0.1) is 12.7 Å². The molecule has 5 heteroatoms. The minimum atomic E-state index is -0.336. The number of nitrogens with zero attached hydrogens (tertiary/aromatic N) is 3. The Labute approximate surface area is 127 Å². The van der Waals surface area contributed by atoms with E-state index in [0.717, 1.165) is 11.1 Å². The highest BCUT2D eigenvalue weighted by Gasteiger charge is 2.17. The Bertz CT molecular complexity index is 783. The van der Waals surface area contributed by atoms with Crippen molar-refractivity contribution in [3.8, 4) is 17.1 Å². The summed E-state index contributed by atoms with van der Waals surface area (Å²) in [5.74, 6) is 0.919. The van der Waals surface area contributed by atoms with E-state index in [2.05, 4.69) is 10.2 Å². The zero-order valence-corrected chi connectivity index (χ0v) is 12.2. The minimum Gasteiger partial charge on any atom is -0.275 e. The maximum Gasteiger partial charge on any atom is 0.168 e. The summed E-state index contributed by atoms with van der Waals surface area (Å²) >= 11 is 5.92. The van der Waals surface area contributed by atoms with Crippen molar-refractivity contribution < 1.29 is 4.39 Å². The second-order valence-corrected chi connectivity index (χ2v) is 5.00. The van der Waals surface area contributed by atoms with Gasteiger partial charge >= 0.3 is 0 Å². The van der Waals surface area contributed by atoms with Gasteiger partial charge in [-0.3, -0.25) is 4.57 Å². The molecule has 0 fully saturated rings. The zero-order valence-electron chi connectivity index (χ0n) is 11.4. The molecule has 2 aromatic carbocycles. The lowest BCUT2D eigenvalue weighted by Gasteiger charge is -2.10. The number of aromatic nitrogens is 3. The molecule has 0 unspecified atom stereocenters. The van der Waals surface area contributed by atoms with Gasteiger partial charge in [0.05, 0.1) is 11.6 Å². The van der Waals surface area contributed by atoms with Gasteiger partial charge in [0.2, 0.25) is 0 Å². The fraction of sp³-hybridized carbons (Fsp3) is 0.125. The molecule has 3 rings (SSSR count). The van der Waals surface area contributed by atoms with E-state index in [1.54, 1.807) is 22.8 Å². The van der Waals surface area contributed by atoms with Crippen molar-refractivity contribution in [1.82, 2.24) is 14.8 Å². The smallest absolute Gasteiger partial charge is 0.168 e. The number of benzene rings is 2. The van der Waals surface area contributed by atoms with Crippen molar-refractivity contribution in [3.05, 3.63) is 65.7 Å². The minimum absolute atomic E-state index is 0.160. The van der Waals surface area contributed by atoms with Gasteiger partial charge in [0.1, 0.15) is 5.82 Å². The van der Waals surface area contributed by atoms with Crippen LogP contribution in [0.15, 0.2) is 48.5 Å². The number of aryl methyl sites for hydroxylation is 1. The summed E-state index contributed by atoms with van der Waals surface area (Å²) in [5, 5.41) is 8.25. The molecule has 0 aliphatic carbocycles. The lowest BCUT2D eigenvalue weighted by atomic mass is 10.1. The first-order valence-electron chi connectivity index (χ1n) is 6.53. The molecule has 0 radical (unpaired) electrons. The van der Waals surface area contributed by atoms with Crippen LogP contribution in [0.1, 0.15) is 11.4 Å². The van der Waals surface area contributed by atoms with Crippen LogP contribution in [-0.2, 0) is 5.88 Å². The van der Waals surface area contributed by atoms with Gasteiger partial charge in [0.15, 0.2) is 11.6 Å². The Kier molecular flexibility index (Phi) is 3.71. The van der Waals surface area contributed by atoms with Gasteiger partial charge in [-0.1, -0.05) is 35.9 Å². The van der Waals surface area contributed by atoms with Crippen LogP contribution in [0.2, 0.25) is 0 Å². The topological polar surface area (TPSA) is 30.7 Å². The van der Waals surface area contributed by atoms with Gasteiger partial charge in [0, 0.05) is 5.56 Å². The van der Waals surface area contributed by atoms with Crippen molar-refractivity contribution >= 4 is 11.6 Å². The Hall–Kier alpha value is -2.20. The summed E-state index contributed by atoms with van der Waals surface area (Å²) in [6.45, 7) is 2.00. The van der Waals surface area contributed by atoms with E-state index >= 15 is 0 Å². The molecule has 0 amide bonds. The average molecular weight is 302 g/mol. The van der Waals surface area contributed by atoms with Gasteiger partial charge in [-0.05, 0) is 25.1 Å². The first kappa shape index (κ1) is 13.8. The van der Waals surface area contributed by atoms with E-state index in [4.69, 9.17) is 11.6 Å². The quantitative estimate of drug-likeness (QED) is 0.681. The molecule has 0 spiro atoms. The highest BCUT2D eigenvalue weighted by Crippen LogP contribution is 2.25. The molecular formula is C16H13ClFN3. The van der Waals surface area contributed by atoms with E-state index in [1.807, 2.05) is 31.2 Å². The average Bonchev–Trinajstić information content (AvgIpc) is 2.91. The van der Waals surface area contributed by atoms with Gasteiger partial charge in [-0.15, -0.1) is 21.8 Å². The van der Waals surface area contributed by atoms with E-state index in [9.17, 15) is 4.39 Å². The number of rotatable bonds is 3. The molecule has 3 nitrogen and oxygen atoms in total. The summed E-state index contributed by atoms with van der Waals surface area (Å²) in [5.41, 5.74) is 2.37. The lowest BCUT2D eigenvalue weighted by Crippen LogP contribution is -2.04. The number of alkyl halides is 1. The molecule has 0 aliphatic rings. The van der Waals surface area contributed by atoms with Crippen molar-refractivity contribution in [3.63, 3.8) is 0 Å². The standard InChI is InChI=1S/C16H13ClFN3/c1-11-5-4-6-12(9-11)16-20-19-15(10-17)21(16)14-8-3-2-7-13(14)18/h2-9H,10H2,1H3. The molecule has 106 valence electrons. The predicted octanol–water partition coefficient (Wildman–Crippen LogP) is 4.12. The van der Waals surface area contributed by atoms with Gasteiger partial charge in [0.25, 0.3) is 0 Å². The van der Waals surface area contributed by atoms with Crippen LogP contribution >= 0.6 is 11.6 Å². The van der Waals surface area contributed by atoms with E-state index in [-0.39, 0.29) is 11.7 Å². The van der Waals surface area contributed by atoms with Crippen molar-refractivity contribution in [2.45, 2.75) is 12.8 Å². The number of halogens is 2. The molecule has 1 aromatic heterocycles. The van der Waals surface area contributed by atoms with Crippen LogP contribution in [0.5, 0.6) is 0 Å². The molecule has 0 saturated carbocycles. The van der Waals surface area contributed by atoms with Gasteiger partial charge in [-0.2, -0.15) is 0 Å². The lowest BCUT2D eigenvalue weighted by molar-refractivity contribution is 0.616. The van der Waals surface area contributed by atoms with Gasteiger partial charge in [-0.25, -0.2) is 4.39 Å². The summed E-state index contributed by atoms with van der Waals surface area (Å²) in [6, 6.07) is 14.4. The van der Waals surface area contributed by atoms with E-state index < -0.39 is 0 Å². The largest absolute Gasteiger partial charge is 0.275 e. The van der Waals surface area contributed by atoms with Crippen LogP contribution in [0.25, 0.3) is 17.1 Å². The van der Waals surface area contributed by atoms with E-state index in [0.29, 0.717) is 17.3 Å². The molecule has 1 heterocycles. The number of hydrogen-bond donors (Lipinski definition) is 0. The Morgan fingerprint density at radius 3 is 2.62 bits per heavy atom. The number of para-hydroxylation sites is 1. The maximum atomic E-state index is 14.1. The fourth-order valence-corrected chi connectivity index (χ4v) is 2.43. The van der Waals surface area contributed by atoms with Crippen molar-refractivity contribution in [2.24, 2.45) is 0 Å². The molecule has 21 heavy (non-hydrogen) atoms. The maximum absolute atomic E-state index is 14.1. The molecule has 0 saturated heterocycles. The molecule has 3 aromatic rings. The summed E-state index contributed by atoms with van der Waals surface area (Å²) < 4.78 is 15.8. The highest BCUT2D eigenvalue weighted by molar-refractivity contribution is 6.16.